The van der Waals surface area contributed by atoms with E-state index in [4.69, 9.17) is 10.7 Å². The Labute approximate surface area is 170 Å². The SMILES string of the molecule is Cc1cc(N(C(N)=NC2CCCCCCC2)c2nccs2)c2ccccc2n1. The summed E-state index contributed by atoms with van der Waals surface area (Å²) < 4.78 is 0. The number of aromatic nitrogens is 2. The minimum atomic E-state index is 0.289. The molecule has 0 spiro atoms. The lowest BCUT2D eigenvalue weighted by molar-refractivity contribution is 0.454. The number of para-hydroxylation sites is 1. The number of nitrogens with two attached hydrogens (primary N) is 1. The van der Waals surface area contributed by atoms with Gasteiger partial charge in [-0.1, -0.05) is 50.3 Å². The van der Waals surface area contributed by atoms with E-state index in [0.717, 1.165) is 40.3 Å². The fraction of sp³-hybridized carbons (Fsp3) is 0.409. The smallest absolute Gasteiger partial charge is 0.202 e. The summed E-state index contributed by atoms with van der Waals surface area (Å²) in [4.78, 5) is 16.2. The summed E-state index contributed by atoms with van der Waals surface area (Å²) in [5.41, 5.74) is 9.53. The largest absolute Gasteiger partial charge is 0.369 e. The first kappa shape index (κ1) is 18.9. The first-order chi connectivity index (χ1) is 13.7. The summed E-state index contributed by atoms with van der Waals surface area (Å²) in [7, 11) is 0. The monoisotopic (exact) mass is 393 g/mol. The van der Waals surface area contributed by atoms with Crippen LogP contribution in [-0.4, -0.2) is 22.0 Å². The molecule has 6 heteroatoms. The summed E-state index contributed by atoms with van der Waals surface area (Å²) in [6.45, 7) is 2.01. The summed E-state index contributed by atoms with van der Waals surface area (Å²) in [5.74, 6) is 0.524. The molecule has 0 aliphatic heterocycles. The molecule has 0 saturated heterocycles. The standard InChI is InChI=1S/C22H27N5S/c1-16-15-20(18-11-7-8-12-19(18)25-16)27(22-24-13-14-28-22)21(23)26-17-9-5-3-2-4-6-10-17/h7-8,11-15,17H,2-6,9-10H2,1H3,(H2,23,26). The average Bonchev–Trinajstić information content (AvgIpc) is 3.18. The van der Waals surface area contributed by atoms with E-state index >= 15 is 0 Å². The van der Waals surface area contributed by atoms with Gasteiger partial charge in [-0.25, -0.2) is 9.98 Å². The second-order valence-electron chi connectivity index (χ2n) is 7.44. The number of rotatable bonds is 3. The Morgan fingerprint density at radius 1 is 1.14 bits per heavy atom. The van der Waals surface area contributed by atoms with Gasteiger partial charge in [0.1, 0.15) is 0 Å². The van der Waals surface area contributed by atoms with Gasteiger partial charge >= 0.3 is 0 Å². The maximum absolute atomic E-state index is 6.63. The van der Waals surface area contributed by atoms with Gasteiger partial charge in [0, 0.05) is 22.7 Å². The number of fused-ring (bicyclic) bond motifs is 1. The van der Waals surface area contributed by atoms with Gasteiger partial charge < -0.3 is 5.73 Å². The van der Waals surface area contributed by atoms with Crippen molar-refractivity contribution in [2.75, 3.05) is 4.90 Å². The van der Waals surface area contributed by atoms with E-state index < -0.39 is 0 Å². The molecule has 5 nitrogen and oxygen atoms in total. The fourth-order valence-electron chi connectivity index (χ4n) is 3.93. The molecule has 0 unspecified atom stereocenters. The lowest BCUT2D eigenvalue weighted by Gasteiger charge is -2.25. The van der Waals surface area contributed by atoms with Gasteiger partial charge in [-0.2, -0.15) is 0 Å². The van der Waals surface area contributed by atoms with Crippen LogP contribution in [0.2, 0.25) is 0 Å². The number of hydrogen-bond donors (Lipinski definition) is 1. The maximum Gasteiger partial charge on any atom is 0.202 e. The predicted octanol–water partition coefficient (Wildman–Crippen LogP) is 5.57. The van der Waals surface area contributed by atoms with Crippen molar-refractivity contribution in [3.8, 4) is 0 Å². The molecule has 2 N–H and O–H groups in total. The number of aliphatic imine (C=N–C) groups is 1. The summed E-state index contributed by atoms with van der Waals surface area (Å²) in [6, 6.07) is 10.5. The molecule has 2 heterocycles. The Bertz CT molecular complexity index is 943. The highest BCUT2D eigenvalue weighted by atomic mass is 32.1. The van der Waals surface area contributed by atoms with E-state index in [9.17, 15) is 0 Å². The highest BCUT2D eigenvalue weighted by Crippen LogP contribution is 2.33. The maximum atomic E-state index is 6.63. The summed E-state index contributed by atoms with van der Waals surface area (Å²) in [5, 5.41) is 3.86. The minimum Gasteiger partial charge on any atom is -0.369 e. The van der Waals surface area contributed by atoms with Crippen LogP contribution in [0.5, 0.6) is 0 Å². The van der Waals surface area contributed by atoms with Crippen LogP contribution in [0.25, 0.3) is 10.9 Å². The van der Waals surface area contributed by atoms with Crippen molar-refractivity contribution >= 4 is 39.0 Å². The topological polar surface area (TPSA) is 67.4 Å². The number of hydrogen-bond acceptors (Lipinski definition) is 4. The third-order valence-corrected chi connectivity index (χ3v) is 6.05. The number of guanidine groups is 1. The van der Waals surface area contributed by atoms with Crippen LogP contribution in [-0.2, 0) is 0 Å². The van der Waals surface area contributed by atoms with E-state index in [1.807, 2.05) is 41.6 Å². The second-order valence-corrected chi connectivity index (χ2v) is 8.31. The predicted molar refractivity (Wildman–Crippen MR) is 118 cm³/mol. The zero-order valence-corrected chi connectivity index (χ0v) is 17.2. The highest BCUT2D eigenvalue weighted by molar-refractivity contribution is 7.13. The van der Waals surface area contributed by atoms with Gasteiger partial charge in [0.25, 0.3) is 0 Å². The molecule has 1 fully saturated rings. The zero-order chi connectivity index (χ0) is 19.3. The van der Waals surface area contributed by atoms with Crippen molar-refractivity contribution < 1.29 is 0 Å². The number of anilines is 2. The lowest BCUT2D eigenvalue weighted by Crippen LogP contribution is -2.35. The van der Waals surface area contributed by atoms with Gasteiger partial charge in [0.2, 0.25) is 5.96 Å². The number of thiazole rings is 1. The summed E-state index contributed by atoms with van der Waals surface area (Å²) in [6.07, 6.45) is 10.5. The van der Waals surface area contributed by atoms with E-state index in [0.29, 0.717) is 5.96 Å². The van der Waals surface area contributed by atoms with E-state index in [2.05, 4.69) is 22.1 Å². The van der Waals surface area contributed by atoms with Gasteiger partial charge in [-0.3, -0.25) is 9.88 Å². The van der Waals surface area contributed by atoms with Crippen molar-refractivity contribution in [1.82, 2.24) is 9.97 Å². The average molecular weight is 394 g/mol. The number of benzene rings is 1. The molecule has 0 radical (unpaired) electrons. The van der Waals surface area contributed by atoms with Crippen LogP contribution in [0.3, 0.4) is 0 Å². The van der Waals surface area contributed by atoms with Crippen molar-refractivity contribution in [3.05, 3.63) is 47.6 Å². The molecule has 1 saturated carbocycles. The van der Waals surface area contributed by atoms with Crippen LogP contribution in [0.15, 0.2) is 46.9 Å². The number of nitrogens with zero attached hydrogens (tertiary/aromatic N) is 4. The third kappa shape index (κ3) is 4.17. The molecule has 28 heavy (non-hydrogen) atoms. The van der Waals surface area contributed by atoms with Crippen molar-refractivity contribution in [2.24, 2.45) is 10.7 Å². The molecule has 0 bridgehead atoms. The van der Waals surface area contributed by atoms with Crippen molar-refractivity contribution in [2.45, 2.75) is 57.9 Å². The molecule has 146 valence electrons. The second kappa shape index (κ2) is 8.69. The first-order valence-corrected chi connectivity index (χ1v) is 11.0. The highest BCUT2D eigenvalue weighted by Gasteiger charge is 2.21. The molecule has 3 aromatic rings. The van der Waals surface area contributed by atoms with Crippen molar-refractivity contribution in [1.29, 1.82) is 0 Å². The van der Waals surface area contributed by atoms with Crippen LogP contribution in [0.4, 0.5) is 10.8 Å². The Hall–Kier alpha value is -2.47. The number of aryl methyl sites for hydroxylation is 1. The summed E-state index contributed by atoms with van der Waals surface area (Å²) >= 11 is 1.57. The number of pyridine rings is 1. The lowest BCUT2D eigenvalue weighted by atomic mass is 9.97. The molecule has 1 aliphatic carbocycles. The minimum absolute atomic E-state index is 0.289. The Kier molecular flexibility index (Phi) is 5.86. The first-order valence-electron chi connectivity index (χ1n) is 10.1. The van der Waals surface area contributed by atoms with E-state index in [1.54, 1.807) is 11.3 Å². The van der Waals surface area contributed by atoms with Crippen LogP contribution in [0.1, 0.15) is 50.6 Å². The van der Waals surface area contributed by atoms with Gasteiger partial charge in [0.05, 0.1) is 17.2 Å². The van der Waals surface area contributed by atoms with Gasteiger partial charge in [-0.15, -0.1) is 11.3 Å². The van der Waals surface area contributed by atoms with Gasteiger partial charge in [0.15, 0.2) is 5.13 Å². The molecule has 2 aromatic heterocycles. The Balaban J connectivity index is 1.78. The molecular formula is C22H27N5S. The van der Waals surface area contributed by atoms with Crippen molar-refractivity contribution in [3.63, 3.8) is 0 Å². The van der Waals surface area contributed by atoms with Crippen LogP contribution in [0, 0.1) is 6.92 Å². The van der Waals surface area contributed by atoms with E-state index in [-0.39, 0.29) is 6.04 Å². The molecular weight excluding hydrogens is 366 g/mol. The Morgan fingerprint density at radius 3 is 2.64 bits per heavy atom. The Morgan fingerprint density at radius 2 is 1.89 bits per heavy atom. The fourth-order valence-corrected chi connectivity index (χ4v) is 4.59. The quantitative estimate of drug-likeness (QED) is 0.467. The molecule has 1 aromatic carbocycles. The molecule has 0 atom stereocenters. The van der Waals surface area contributed by atoms with Crippen LogP contribution >= 0.6 is 11.3 Å². The molecule has 0 amide bonds. The van der Waals surface area contributed by atoms with E-state index in [1.165, 1.54) is 32.1 Å². The van der Waals surface area contributed by atoms with Gasteiger partial charge in [-0.05, 0) is 31.9 Å². The molecule has 1 aliphatic rings. The zero-order valence-electron chi connectivity index (χ0n) is 16.3. The molecule has 4 rings (SSSR count). The normalized spacial score (nSPS) is 16.7. The van der Waals surface area contributed by atoms with Crippen LogP contribution < -0.4 is 10.6 Å². The third-order valence-electron chi connectivity index (χ3n) is 5.29.